The molecule has 124 valence electrons. The molecule has 0 fully saturated rings. The van der Waals surface area contributed by atoms with Gasteiger partial charge in [-0.15, -0.1) is 0 Å². The number of carbonyl (C=O) groups is 1. The van der Waals surface area contributed by atoms with Crippen LogP contribution in [0.15, 0.2) is 24.4 Å². The van der Waals surface area contributed by atoms with E-state index in [-0.39, 0.29) is 12.6 Å². The minimum atomic E-state index is -0.728. The molecule has 0 bridgehead atoms. The predicted molar refractivity (Wildman–Crippen MR) is 87.6 cm³/mol. The maximum absolute atomic E-state index is 12.7. The van der Waals surface area contributed by atoms with E-state index in [4.69, 9.17) is 9.84 Å². The van der Waals surface area contributed by atoms with Gasteiger partial charge in [0.1, 0.15) is 11.0 Å². The SMILES string of the molecule is CC(C)(C)OC(=O)C(C)(CCCCCCO)c1ccccn1. The molecule has 22 heavy (non-hydrogen) atoms. The molecule has 0 saturated carbocycles. The lowest BCUT2D eigenvalue weighted by Gasteiger charge is -2.31. The Labute approximate surface area is 133 Å². The van der Waals surface area contributed by atoms with Crippen LogP contribution in [0.1, 0.15) is 65.5 Å². The second kappa shape index (κ2) is 8.28. The van der Waals surface area contributed by atoms with E-state index in [1.54, 1.807) is 6.20 Å². The first-order valence-electron chi connectivity index (χ1n) is 8.05. The number of esters is 1. The Kier molecular flexibility index (Phi) is 7.01. The van der Waals surface area contributed by atoms with Gasteiger partial charge in [-0.3, -0.25) is 9.78 Å². The van der Waals surface area contributed by atoms with Crippen LogP contribution in [0.3, 0.4) is 0 Å². The number of rotatable bonds is 8. The topological polar surface area (TPSA) is 59.4 Å². The number of hydrogen-bond donors (Lipinski definition) is 1. The molecule has 1 N–H and O–H groups in total. The number of hydrogen-bond acceptors (Lipinski definition) is 4. The molecule has 1 aromatic rings. The summed E-state index contributed by atoms with van der Waals surface area (Å²) in [7, 11) is 0. The molecule has 0 aliphatic heterocycles. The van der Waals surface area contributed by atoms with Crippen molar-refractivity contribution in [2.45, 2.75) is 70.8 Å². The van der Waals surface area contributed by atoms with Crippen LogP contribution in [-0.4, -0.2) is 28.3 Å². The summed E-state index contributed by atoms with van der Waals surface area (Å²) in [6.45, 7) is 7.78. The normalized spacial score (nSPS) is 14.4. The molecule has 1 rings (SSSR count). The van der Waals surface area contributed by atoms with E-state index >= 15 is 0 Å². The third-order valence-electron chi connectivity index (χ3n) is 3.66. The number of nitrogens with zero attached hydrogens (tertiary/aromatic N) is 1. The summed E-state index contributed by atoms with van der Waals surface area (Å²) in [4.78, 5) is 17.1. The van der Waals surface area contributed by atoms with Crippen LogP contribution in [0.25, 0.3) is 0 Å². The minimum absolute atomic E-state index is 0.221. The fraction of sp³-hybridized carbons (Fsp3) is 0.667. The van der Waals surface area contributed by atoms with Gasteiger partial charge in [-0.1, -0.05) is 25.3 Å². The van der Waals surface area contributed by atoms with Crippen LogP contribution in [-0.2, 0) is 14.9 Å². The van der Waals surface area contributed by atoms with Crippen molar-refractivity contribution in [2.24, 2.45) is 0 Å². The first-order chi connectivity index (χ1) is 10.3. The number of aliphatic hydroxyl groups is 1. The summed E-state index contributed by atoms with van der Waals surface area (Å²) in [6.07, 6.45) is 6.10. The lowest BCUT2D eigenvalue weighted by Crippen LogP contribution is -2.39. The predicted octanol–water partition coefficient (Wildman–Crippen LogP) is 3.62. The summed E-state index contributed by atoms with van der Waals surface area (Å²) in [6, 6.07) is 5.63. The second-order valence-electron chi connectivity index (χ2n) is 6.94. The van der Waals surface area contributed by atoms with Gasteiger partial charge < -0.3 is 9.84 Å². The average Bonchev–Trinajstić information content (AvgIpc) is 2.46. The number of aliphatic hydroxyl groups excluding tert-OH is 1. The summed E-state index contributed by atoms with van der Waals surface area (Å²) in [5.41, 5.74) is -0.482. The van der Waals surface area contributed by atoms with Crippen molar-refractivity contribution >= 4 is 5.97 Å². The maximum Gasteiger partial charge on any atom is 0.318 e. The highest BCUT2D eigenvalue weighted by atomic mass is 16.6. The number of pyridine rings is 1. The first kappa shape index (κ1) is 18.6. The van der Waals surface area contributed by atoms with E-state index < -0.39 is 11.0 Å². The minimum Gasteiger partial charge on any atom is -0.459 e. The Morgan fingerprint density at radius 3 is 2.36 bits per heavy atom. The summed E-state index contributed by atoms with van der Waals surface area (Å²) < 4.78 is 5.62. The zero-order chi connectivity index (χ0) is 16.6. The van der Waals surface area contributed by atoms with Crippen LogP contribution in [0.4, 0.5) is 0 Å². The van der Waals surface area contributed by atoms with Crippen molar-refractivity contribution in [3.63, 3.8) is 0 Å². The van der Waals surface area contributed by atoms with Gasteiger partial charge >= 0.3 is 5.97 Å². The highest BCUT2D eigenvalue weighted by molar-refractivity contribution is 5.82. The monoisotopic (exact) mass is 307 g/mol. The van der Waals surface area contributed by atoms with Crippen LogP contribution in [0.2, 0.25) is 0 Å². The summed E-state index contributed by atoms with van der Waals surface area (Å²) >= 11 is 0. The highest BCUT2D eigenvalue weighted by Gasteiger charge is 2.39. The Hall–Kier alpha value is -1.42. The van der Waals surface area contributed by atoms with Crippen LogP contribution < -0.4 is 0 Å². The fourth-order valence-corrected chi connectivity index (χ4v) is 2.36. The Bertz CT molecular complexity index is 453. The Balaban J connectivity index is 2.83. The van der Waals surface area contributed by atoms with Gasteiger partial charge in [-0.2, -0.15) is 0 Å². The molecule has 1 heterocycles. The summed E-state index contributed by atoms with van der Waals surface area (Å²) in [5.74, 6) is -0.221. The van der Waals surface area contributed by atoms with E-state index in [9.17, 15) is 4.79 Å². The zero-order valence-corrected chi connectivity index (χ0v) is 14.3. The van der Waals surface area contributed by atoms with Crippen LogP contribution in [0.5, 0.6) is 0 Å². The Morgan fingerprint density at radius 2 is 1.82 bits per heavy atom. The molecule has 0 aliphatic rings. The summed E-state index contributed by atoms with van der Waals surface area (Å²) in [5, 5.41) is 8.84. The van der Waals surface area contributed by atoms with Crippen molar-refractivity contribution in [3.05, 3.63) is 30.1 Å². The third kappa shape index (κ3) is 5.76. The van der Waals surface area contributed by atoms with Crippen molar-refractivity contribution in [3.8, 4) is 0 Å². The quantitative estimate of drug-likeness (QED) is 0.588. The lowest BCUT2D eigenvalue weighted by atomic mass is 9.80. The standard InChI is InChI=1S/C18H29NO3/c1-17(2,3)22-16(21)18(4,12-8-5-6-10-14-20)15-11-7-9-13-19-15/h7,9,11,13,20H,5-6,8,10,12,14H2,1-4H3. The Morgan fingerprint density at radius 1 is 1.14 bits per heavy atom. The van der Waals surface area contributed by atoms with Gasteiger partial charge in [0.15, 0.2) is 0 Å². The van der Waals surface area contributed by atoms with E-state index in [0.717, 1.165) is 31.4 Å². The van der Waals surface area contributed by atoms with Crippen molar-refractivity contribution in [1.82, 2.24) is 4.98 Å². The first-order valence-corrected chi connectivity index (χ1v) is 8.05. The molecule has 0 radical (unpaired) electrons. The molecular formula is C18H29NO3. The van der Waals surface area contributed by atoms with Crippen molar-refractivity contribution in [1.29, 1.82) is 0 Å². The number of ether oxygens (including phenoxy) is 1. The van der Waals surface area contributed by atoms with Gasteiger partial charge in [0, 0.05) is 12.8 Å². The number of aromatic nitrogens is 1. The van der Waals surface area contributed by atoms with Gasteiger partial charge in [0.2, 0.25) is 0 Å². The number of unbranched alkanes of at least 4 members (excludes halogenated alkanes) is 3. The van der Waals surface area contributed by atoms with Crippen molar-refractivity contribution < 1.29 is 14.6 Å². The van der Waals surface area contributed by atoms with Gasteiger partial charge in [-0.05, 0) is 52.7 Å². The molecule has 4 nitrogen and oxygen atoms in total. The van der Waals surface area contributed by atoms with Gasteiger partial charge in [0.05, 0.1) is 5.69 Å². The highest BCUT2D eigenvalue weighted by Crippen LogP contribution is 2.31. The van der Waals surface area contributed by atoms with Crippen LogP contribution >= 0.6 is 0 Å². The third-order valence-corrected chi connectivity index (χ3v) is 3.66. The molecule has 1 aromatic heterocycles. The molecule has 4 heteroatoms. The molecule has 0 aliphatic carbocycles. The van der Waals surface area contributed by atoms with Crippen LogP contribution in [0, 0.1) is 0 Å². The molecule has 0 aromatic carbocycles. The maximum atomic E-state index is 12.7. The van der Waals surface area contributed by atoms with Crippen molar-refractivity contribution in [2.75, 3.05) is 6.61 Å². The molecule has 1 unspecified atom stereocenters. The zero-order valence-electron chi connectivity index (χ0n) is 14.3. The smallest absolute Gasteiger partial charge is 0.318 e. The van der Waals surface area contributed by atoms with Gasteiger partial charge in [-0.25, -0.2) is 0 Å². The van der Waals surface area contributed by atoms with E-state index in [0.29, 0.717) is 6.42 Å². The van der Waals surface area contributed by atoms with Gasteiger partial charge in [0.25, 0.3) is 0 Å². The molecular weight excluding hydrogens is 278 g/mol. The molecule has 1 atom stereocenters. The number of carbonyl (C=O) groups excluding carboxylic acids is 1. The molecule has 0 saturated heterocycles. The fourth-order valence-electron chi connectivity index (χ4n) is 2.36. The van der Waals surface area contributed by atoms with E-state index in [2.05, 4.69) is 4.98 Å². The largest absolute Gasteiger partial charge is 0.459 e. The van der Waals surface area contributed by atoms with E-state index in [1.807, 2.05) is 45.9 Å². The van der Waals surface area contributed by atoms with E-state index in [1.165, 1.54) is 0 Å². The lowest BCUT2D eigenvalue weighted by molar-refractivity contribution is -0.162. The second-order valence-corrected chi connectivity index (χ2v) is 6.94. The average molecular weight is 307 g/mol. The molecule has 0 spiro atoms. The molecule has 0 amide bonds.